The molecule has 3 aromatic rings. The van der Waals surface area contributed by atoms with Gasteiger partial charge in [0.25, 0.3) is 17.4 Å². The Morgan fingerprint density at radius 3 is 2.26 bits per heavy atom. The molecule has 1 fully saturated rings. The normalized spacial score (nSPS) is 21.8. The van der Waals surface area contributed by atoms with Crippen molar-refractivity contribution in [2.45, 2.75) is 147 Å². The van der Waals surface area contributed by atoms with Gasteiger partial charge in [-0.1, -0.05) is 20.8 Å². The molecule has 10 amide bonds. The number of rotatable bonds is 25. The van der Waals surface area contributed by atoms with E-state index < -0.39 is 176 Å². The first kappa shape index (κ1) is 63.4. The molecule has 8 rings (SSSR count). The van der Waals surface area contributed by atoms with E-state index >= 15 is 4.39 Å². The Kier molecular flexibility index (Phi) is 19.4. The minimum atomic E-state index is -2.08. The Hall–Kier alpha value is -8.58. The van der Waals surface area contributed by atoms with E-state index in [1.54, 1.807) is 27.7 Å². The zero-order chi connectivity index (χ0) is 62.6. The number of amides is 10. The van der Waals surface area contributed by atoms with Crippen molar-refractivity contribution in [1.82, 2.24) is 51.7 Å². The highest BCUT2D eigenvalue weighted by Gasteiger charge is 2.47. The fraction of sp³-hybridized carbons (Fsp3) is 0.518. The number of imide groups is 1. The van der Waals surface area contributed by atoms with E-state index in [1.807, 2.05) is 0 Å². The van der Waals surface area contributed by atoms with Gasteiger partial charge in [-0.25, -0.2) is 14.2 Å². The molecule has 4 aliphatic heterocycles. The maximum Gasteiger partial charge on any atom is 0.343 e. The number of carbonyl (C=O) groups excluding carboxylic acids is 11. The van der Waals surface area contributed by atoms with Crippen LogP contribution in [0.1, 0.15) is 106 Å². The van der Waals surface area contributed by atoms with Gasteiger partial charge in [-0.3, -0.25) is 57.6 Å². The van der Waals surface area contributed by atoms with Crippen molar-refractivity contribution in [3.8, 4) is 11.4 Å². The lowest BCUT2D eigenvalue weighted by molar-refractivity contribution is -0.172. The van der Waals surface area contributed by atoms with Crippen molar-refractivity contribution >= 4 is 75.9 Å². The van der Waals surface area contributed by atoms with Crippen LogP contribution in [0.2, 0.25) is 0 Å². The largest absolute Gasteiger partial charge is 0.458 e. The van der Waals surface area contributed by atoms with Gasteiger partial charge in [0.05, 0.1) is 47.6 Å². The van der Waals surface area contributed by atoms with Crippen LogP contribution in [0.25, 0.3) is 22.3 Å². The number of aliphatic hydroxyl groups is 3. The van der Waals surface area contributed by atoms with Crippen LogP contribution < -0.4 is 48.5 Å². The molecule has 0 radical (unpaired) electrons. The number of nitrogens with two attached hydrogens (primary N) is 1. The molecule has 0 bridgehead atoms. The highest BCUT2D eigenvalue weighted by atomic mass is 19.1. The van der Waals surface area contributed by atoms with Gasteiger partial charge in [0, 0.05) is 60.7 Å². The molecule has 5 aliphatic rings. The Bertz CT molecular complexity index is 3390. The fourth-order valence-corrected chi connectivity index (χ4v) is 11.1. The number of nitrogens with zero attached hydrogens (tertiary/aromatic N) is 3. The summed E-state index contributed by atoms with van der Waals surface area (Å²) in [6.45, 7) is 5.09. The molecule has 1 aliphatic carbocycles. The first-order valence-corrected chi connectivity index (χ1v) is 28.0. The SMILES string of the molecule is CC[C@@]1(O)C(=O)OCc2c1cc1n(c2=O)Cc2c-1nc1cc(F)c(C)c3c1c2[C@@H](NC(=O)COCNC(=O)[C@H](C)NC(=O)[C@@H](NC(=O)[C@H](CCC(=O)NC[C@H]1O[C@@H](CC(N)=O)[C@H](O)[C@@H]1O)NC(=O)CCNC(=O)CN1C(=O)C=CC1=O)C(C)C)CC3. The van der Waals surface area contributed by atoms with Gasteiger partial charge in [-0.05, 0) is 68.2 Å². The first-order valence-electron chi connectivity index (χ1n) is 28.0. The number of fused-ring (bicyclic) bond motifs is 5. The summed E-state index contributed by atoms with van der Waals surface area (Å²) in [6.07, 6.45) is -4.25. The third kappa shape index (κ3) is 13.4. The molecule has 9 atom stereocenters. The molecule has 0 saturated carbocycles. The fourth-order valence-electron chi connectivity index (χ4n) is 11.1. The van der Waals surface area contributed by atoms with Crippen LogP contribution in [0.15, 0.2) is 29.1 Å². The summed E-state index contributed by atoms with van der Waals surface area (Å²) in [5.41, 5.74) is 5.99. The van der Waals surface area contributed by atoms with Gasteiger partial charge in [-0.2, -0.15) is 0 Å². The van der Waals surface area contributed by atoms with E-state index in [9.17, 15) is 72.9 Å². The number of nitrogens with one attached hydrogen (secondary N) is 7. The molecule has 0 spiro atoms. The van der Waals surface area contributed by atoms with Gasteiger partial charge < -0.3 is 77.0 Å². The van der Waals surface area contributed by atoms with Crippen LogP contribution in [-0.4, -0.2) is 170 Å². The van der Waals surface area contributed by atoms with Crippen molar-refractivity contribution in [2.75, 3.05) is 33.0 Å². The third-order valence-corrected chi connectivity index (χ3v) is 15.8. The predicted octanol–water partition coefficient (Wildman–Crippen LogP) is -3.46. The first-order chi connectivity index (χ1) is 40.7. The quantitative estimate of drug-likeness (QED) is 0.0133. The number of hydrogen-bond acceptors (Lipinski definition) is 19. The van der Waals surface area contributed by atoms with E-state index in [0.29, 0.717) is 56.8 Å². The van der Waals surface area contributed by atoms with Crippen LogP contribution in [0.4, 0.5) is 4.39 Å². The Labute approximate surface area is 489 Å². The predicted molar refractivity (Wildman–Crippen MR) is 294 cm³/mol. The summed E-state index contributed by atoms with van der Waals surface area (Å²) in [6, 6.07) is -1.94. The number of hydrogen-bond donors (Lipinski definition) is 11. The van der Waals surface area contributed by atoms with Crippen molar-refractivity contribution in [3.05, 3.63) is 73.8 Å². The smallest absolute Gasteiger partial charge is 0.343 e. The molecule has 6 heterocycles. The molecule has 12 N–H and O–H groups in total. The number of aromatic nitrogens is 2. The second-order valence-corrected chi connectivity index (χ2v) is 22.0. The molecular weight excluding hydrogens is 1130 g/mol. The number of aliphatic hydroxyl groups excluding tert-OH is 2. The summed E-state index contributed by atoms with van der Waals surface area (Å²) in [7, 11) is 0. The Morgan fingerprint density at radius 1 is 0.860 bits per heavy atom. The molecule has 462 valence electrons. The summed E-state index contributed by atoms with van der Waals surface area (Å²) < 4.78 is 33.1. The van der Waals surface area contributed by atoms with Gasteiger partial charge in [0.2, 0.25) is 47.3 Å². The van der Waals surface area contributed by atoms with Crippen LogP contribution in [0.5, 0.6) is 0 Å². The number of esters is 1. The second kappa shape index (κ2) is 26.4. The third-order valence-electron chi connectivity index (χ3n) is 15.8. The van der Waals surface area contributed by atoms with Crippen LogP contribution >= 0.6 is 0 Å². The number of aryl methyl sites for hydroxylation is 1. The van der Waals surface area contributed by atoms with Gasteiger partial charge in [-0.15, -0.1) is 0 Å². The van der Waals surface area contributed by atoms with E-state index in [2.05, 4.69) is 37.2 Å². The van der Waals surface area contributed by atoms with Crippen LogP contribution in [0, 0.1) is 18.7 Å². The molecule has 1 aromatic carbocycles. The highest BCUT2D eigenvalue weighted by molar-refractivity contribution is 6.14. The lowest BCUT2D eigenvalue weighted by atomic mass is 9.81. The minimum absolute atomic E-state index is 0.0134. The van der Waals surface area contributed by atoms with Gasteiger partial charge in [0.15, 0.2) is 5.60 Å². The van der Waals surface area contributed by atoms with Crippen molar-refractivity contribution < 1.29 is 86.7 Å². The minimum Gasteiger partial charge on any atom is -0.458 e. The molecule has 30 heteroatoms. The van der Waals surface area contributed by atoms with Crippen molar-refractivity contribution in [3.63, 3.8) is 0 Å². The summed E-state index contributed by atoms with van der Waals surface area (Å²) >= 11 is 0. The number of cyclic esters (lactones) is 1. The number of carbonyl (C=O) groups is 11. The van der Waals surface area contributed by atoms with E-state index in [1.165, 1.54) is 23.6 Å². The van der Waals surface area contributed by atoms with E-state index in [0.717, 1.165) is 12.2 Å². The maximum atomic E-state index is 15.4. The molecule has 2 aromatic heterocycles. The summed E-state index contributed by atoms with van der Waals surface area (Å²) in [4.78, 5) is 161. The zero-order valence-electron chi connectivity index (χ0n) is 47.7. The Morgan fingerprint density at radius 2 is 1.57 bits per heavy atom. The number of primary amides is 1. The van der Waals surface area contributed by atoms with E-state index in [4.69, 9.17) is 24.9 Å². The number of benzene rings is 1. The monoisotopic (exact) mass is 1200 g/mol. The van der Waals surface area contributed by atoms with Crippen LogP contribution in [-0.2, 0) is 92.1 Å². The summed E-state index contributed by atoms with van der Waals surface area (Å²) in [5.74, 6) is -9.61. The number of pyridine rings is 2. The van der Waals surface area contributed by atoms with E-state index in [-0.39, 0.29) is 55.7 Å². The highest BCUT2D eigenvalue weighted by Crippen LogP contribution is 2.46. The molecule has 86 heavy (non-hydrogen) atoms. The van der Waals surface area contributed by atoms with Gasteiger partial charge >= 0.3 is 5.97 Å². The lowest BCUT2D eigenvalue weighted by Crippen LogP contribution is -2.58. The van der Waals surface area contributed by atoms with Gasteiger partial charge in [0.1, 0.15) is 68.7 Å². The van der Waals surface area contributed by atoms with Crippen molar-refractivity contribution in [1.29, 1.82) is 0 Å². The molecule has 0 unspecified atom stereocenters. The van der Waals surface area contributed by atoms with Crippen molar-refractivity contribution in [2.24, 2.45) is 11.7 Å². The average Bonchev–Trinajstić information content (AvgIpc) is 1.45. The summed E-state index contributed by atoms with van der Waals surface area (Å²) in [5, 5.41) is 50.5. The average molecular weight is 1200 g/mol. The molecule has 1 saturated heterocycles. The topological polar surface area (TPSA) is 425 Å². The number of halogens is 1. The second-order valence-electron chi connectivity index (χ2n) is 22.0. The standard InChI is InChI=1S/C56H68FN11O18/c1-6-56(83)30-15-35-48-28(19-67(35)54(81)29(30)21-85-55(56)82)46-32(8-7-27-25(4)31(57)16-34(65-48)45(27)46)63-42(73)22-84-23-61-51(78)26(5)62-53(80)47(24(2)3)66-52(79)33(64-40(71)13-14-59-41(72)20-68-43(74)11-12-44(68)75)9-10-39(70)60-18-37-50(77)49(76)36(86-37)17-38(58)69/h11-12,15-16,24,26,32-33,36-37,47,49-50,76-77,83H,6-10,13-14,17-23H2,1-5H3,(H2,58,69)(H,59,72)(H,60,70)(H,61,78)(H,62,80)(H,63,73)(H,64,71)(H,66,79)/t26-,32-,33-,36-,37+,47-,49-,50+,56-/m0/s1. The number of ether oxygens (including phenoxy) is 3. The molecular formula is C56H68FN11O18. The maximum absolute atomic E-state index is 15.4. The Balaban J connectivity index is 0.857. The lowest BCUT2D eigenvalue weighted by Gasteiger charge is -2.31. The van der Waals surface area contributed by atoms with Crippen LogP contribution in [0.3, 0.4) is 0 Å². The zero-order valence-corrected chi connectivity index (χ0v) is 47.7. The molecule has 29 nitrogen and oxygen atoms in total.